The number of rotatable bonds is 4. The van der Waals surface area contributed by atoms with Crippen molar-refractivity contribution in [3.05, 3.63) is 15.9 Å². The molecule has 1 N–H and O–H groups in total. The maximum Gasteiger partial charge on any atom is 0.283 e. The molecule has 0 bridgehead atoms. The highest BCUT2D eigenvalue weighted by Crippen LogP contribution is 2.28. The molecular weight excluding hydrogens is 332 g/mol. The highest BCUT2D eigenvalue weighted by molar-refractivity contribution is 9.10. The molecule has 0 saturated carbocycles. The van der Waals surface area contributed by atoms with Crippen LogP contribution in [0.2, 0.25) is 0 Å². The van der Waals surface area contributed by atoms with Gasteiger partial charge >= 0.3 is 0 Å². The zero-order valence-corrected chi connectivity index (χ0v) is 13.9. The zero-order chi connectivity index (χ0) is 15.7. The summed E-state index contributed by atoms with van der Waals surface area (Å²) >= 11 is 3.08. The highest BCUT2D eigenvalue weighted by Gasteiger charge is 2.24. The second-order valence-electron chi connectivity index (χ2n) is 5.90. The molecule has 1 amide bonds. The third-order valence-electron chi connectivity index (χ3n) is 3.33. The van der Waals surface area contributed by atoms with E-state index in [2.05, 4.69) is 26.3 Å². The van der Waals surface area contributed by atoms with Gasteiger partial charge in [-0.2, -0.15) is 5.10 Å². The van der Waals surface area contributed by atoms with Gasteiger partial charge in [0.15, 0.2) is 0 Å². The Labute approximate surface area is 126 Å². The van der Waals surface area contributed by atoms with E-state index in [0.29, 0.717) is 5.69 Å². The fourth-order valence-electron chi connectivity index (χ4n) is 1.48. The van der Waals surface area contributed by atoms with E-state index in [1.54, 1.807) is 6.92 Å². The Bertz CT molecular complexity index is 495. The molecule has 1 unspecified atom stereocenters. The largest absolute Gasteiger partial charge is 0.352 e. The van der Waals surface area contributed by atoms with E-state index in [-0.39, 0.29) is 34.1 Å². The third kappa shape index (κ3) is 4.01. The van der Waals surface area contributed by atoms with Crippen LogP contribution in [-0.4, -0.2) is 21.7 Å². The minimum absolute atomic E-state index is 0.0242. The zero-order valence-electron chi connectivity index (χ0n) is 12.3. The van der Waals surface area contributed by atoms with Gasteiger partial charge < -0.3 is 5.32 Å². The van der Waals surface area contributed by atoms with E-state index in [0.717, 1.165) is 0 Å². The number of carbonyl (C=O) groups is 1. The molecule has 7 heteroatoms. The predicted molar refractivity (Wildman–Crippen MR) is 76.7 cm³/mol. The van der Waals surface area contributed by atoms with E-state index in [4.69, 9.17) is 0 Å². The Balaban J connectivity index is 2.79. The van der Waals surface area contributed by atoms with Crippen molar-refractivity contribution < 1.29 is 13.6 Å². The number of hydrogen-bond acceptors (Lipinski definition) is 2. The second-order valence-corrected chi connectivity index (χ2v) is 6.69. The molecule has 0 aliphatic heterocycles. The topological polar surface area (TPSA) is 46.9 Å². The summed E-state index contributed by atoms with van der Waals surface area (Å²) in [4.78, 5) is 11.9. The van der Waals surface area contributed by atoms with Crippen LogP contribution in [0.4, 0.5) is 8.78 Å². The van der Waals surface area contributed by atoms with E-state index in [9.17, 15) is 13.6 Å². The molecule has 0 aromatic carbocycles. The van der Waals surface area contributed by atoms with Gasteiger partial charge in [0.1, 0.15) is 12.2 Å². The monoisotopic (exact) mass is 351 g/mol. The van der Waals surface area contributed by atoms with Gasteiger partial charge in [0.2, 0.25) is 5.91 Å². The lowest BCUT2D eigenvalue weighted by molar-refractivity contribution is -0.123. The first-order valence-corrected chi connectivity index (χ1v) is 7.13. The number of amides is 1. The number of alkyl halides is 2. The van der Waals surface area contributed by atoms with Gasteiger partial charge in [-0.1, -0.05) is 20.8 Å². The van der Waals surface area contributed by atoms with Crippen LogP contribution in [0.5, 0.6) is 0 Å². The fraction of sp³-hybridized carbons (Fsp3) is 0.692. The number of halogens is 3. The average Bonchev–Trinajstić information content (AvgIpc) is 2.56. The Hall–Kier alpha value is -0.980. The summed E-state index contributed by atoms with van der Waals surface area (Å²) in [6.07, 6.45) is -2.67. The summed E-state index contributed by atoms with van der Waals surface area (Å²) < 4.78 is 27.0. The molecule has 1 heterocycles. The first-order valence-electron chi connectivity index (χ1n) is 6.34. The Morgan fingerprint density at radius 3 is 2.40 bits per heavy atom. The van der Waals surface area contributed by atoms with Crippen molar-refractivity contribution in [2.24, 2.45) is 5.41 Å². The molecule has 1 atom stereocenters. The molecular formula is C13H20BrF2N3O. The van der Waals surface area contributed by atoms with Crippen LogP contribution in [0.1, 0.15) is 45.5 Å². The van der Waals surface area contributed by atoms with Crippen LogP contribution in [0.3, 0.4) is 0 Å². The first-order chi connectivity index (χ1) is 9.04. The van der Waals surface area contributed by atoms with Crippen LogP contribution in [0, 0.1) is 12.3 Å². The lowest BCUT2D eigenvalue weighted by Crippen LogP contribution is -2.43. The van der Waals surface area contributed by atoms with Gasteiger partial charge in [-0.15, -0.1) is 0 Å². The summed E-state index contributed by atoms with van der Waals surface area (Å²) in [7, 11) is 0. The summed E-state index contributed by atoms with van der Waals surface area (Å²) in [5.41, 5.74) is 0.113. The summed E-state index contributed by atoms with van der Waals surface area (Å²) in [5.74, 6) is -0.244. The Morgan fingerprint density at radius 1 is 1.45 bits per heavy atom. The molecule has 0 radical (unpaired) electrons. The van der Waals surface area contributed by atoms with Gasteiger partial charge in [0, 0.05) is 6.04 Å². The quantitative estimate of drug-likeness (QED) is 0.902. The van der Waals surface area contributed by atoms with Crippen molar-refractivity contribution >= 4 is 21.8 Å². The number of nitrogens with one attached hydrogen (secondary N) is 1. The normalized spacial score (nSPS) is 13.7. The van der Waals surface area contributed by atoms with E-state index in [1.165, 1.54) is 4.68 Å². The SMILES string of the molecule is Cc1c(Br)c(C(F)F)nn1CC(=O)NC(C)C(C)(C)C. The fourth-order valence-corrected chi connectivity index (χ4v) is 1.94. The second kappa shape index (κ2) is 6.20. The molecule has 1 aromatic rings. The van der Waals surface area contributed by atoms with Crippen molar-refractivity contribution in [2.75, 3.05) is 0 Å². The lowest BCUT2D eigenvalue weighted by Gasteiger charge is -2.28. The summed E-state index contributed by atoms with van der Waals surface area (Å²) in [6, 6.07) is -0.0242. The van der Waals surface area contributed by atoms with Crippen LogP contribution in [-0.2, 0) is 11.3 Å². The minimum Gasteiger partial charge on any atom is -0.352 e. The molecule has 0 saturated heterocycles. The minimum atomic E-state index is -2.67. The molecule has 0 fully saturated rings. The highest BCUT2D eigenvalue weighted by atomic mass is 79.9. The van der Waals surface area contributed by atoms with Crippen LogP contribution in [0.25, 0.3) is 0 Å². The van der Waals surface area contributed by atoms with Gasteiger partial charge in [0.05, 0.1) is 10.2 Å². The number of carbonyl (C=O) groups excluding carboxylic acids is 1. The van der Waals surface area contributed by atoms with Crippen molar-refractivity contribution in [3.8, 4) is 0 Å². The Kier molecular flexibility index (Phi) is 5.29. The van der Waals surface area contributed by atoms with Gasteiger partial charge in [-0.3, -0.25) is 9.48 Å². The van der Waals surface area contributed by atoms with E-state index in [1.807, 2.05) is 27.7 Å². The predicted octanol–water partition coefficient (Wildman–Crippen LogP) is 3.44. The lowest BCUT2D eigenvalue weighted by atomic mass is 9.88. The molecule has 1 rings (SSSR count). The molecule has 20 heavy (non-hydrogen) atoms. The first kappa shape index (κ1) is 17.1. The average molecular weight is 352 g/mol. The van der Waals surface area contributed by atoms with E-state index >= 15 is 0 Å². The maximum atomic E-state index is 12.7. The number of aromatic nitrogens is 2. The van der Waals surface area contributed by atoms with Crippen LogP contribution < -0.4 is 5.32 Å². The van der Waals surface area contributed by atoms with Gasteiger partial charge in [-0.25, -0.2) is 8.78 Å². The molecule has 0 aliphatic rings. The summed E-state index contributed by atoms with van der Waals surface area (Å²) in [6.45, 7) is 9.53. The van der Waals surface area contributed by atoms with Crippen molar-refractivity contribution in [3.63, 3.8) is 0 Å². The van der Waals surface area contributed by atoms with Gasteiger partial charge in [0.25, 0.3) is 6.43 Å². The third-order valence-corrected chi connectivity index (χ3v) is 4.31. The molecule has 0 aliphatic carbocycles. The van der Waals surface area contributed by atoms with Crippen molar-refractivity contribution in [2.45, 2.75) is 53.6 Å². The standard InChI is InChI=1S/C13H20BrF2N3O/c1-7-10(14)11(12(15)16)18-19(7)6-9(20)17-8(2)13(3,4)5/h8,12H,6H2,1-5H3,(H,17,20). The number of hydrogen-bond donors (Lipinski definition) is 1. The van der Waals surface area contributed by atoms with Gasteiger partial charge in [-0.05, 0) is 35.2 Å². The molecule has 114 valence electrons. The molecule has 0 spiro atoms. The Morgan fingerprint density at radius 2 is 2.00 bits per heavy atom. The molecule has 4 nitrogen and oxygen atoms in total. The van der Waals surface area contributed by atoms with Crippen LogP contribution >= 0.6 is 15.9 Å². The van der Waals surface area contributed by atoms with Crippen LogP contribution in [0.15, 0.2) is 4.47 Å². The summed E-state index contributed by atoms with van der Waals surface area (Å²) in [5, 5.41) is 6.63. The van der Waals surface area contributed by atoms with E-state index < -0.39 is 6.43 Å². The van der Waals surface area contributed by atoms with Crippen molar-refractivity contribution in [1.82, 2.24) is 15.1 Å². The van der Waals surface area contributed by atoms with Crippen molar-refractivity contribution in [1.29, 1.82) is 0 Å². The smallest absolute Gasteiger partial charge is 0.283 e. The maximum absolute atomic E-state index is 12.7. The molecule has 1 aromatic heterocycles. The number of nitrogens with zero attached hydrogens (tertiary/aromatic N) is 2.